The van der Waals surface area contributed by atoms with Gasteiger partial charge in [-0.05, 0) is 23.6 Å². The molecule has 3 N–H and O–H groups in total. The molecule has 0 aliphatic heterocycles. The second-order valence-corrected chi connectivity index (χ2v) is 6.17. The number of benzene rings is 1. The van der Waals surface area contributed by atoms with E-state index in [0.717, 1.165) is 0 Å². The zero-order chi connectivity index (χ0) is 13.9. The highest BCUT2D eigenvalue weighted by Crippen LogP contribution is 2.20. The summed E-state index contributed by atoms with van der Waals surface area (Å²) in [6.45, 7) is 6.24. The summed E-state index contributed by atoms with van der Waals surface area (Å²) in [4.78, 5) is 12.0. The van der Waals surface area contributed by atoms with Gasteiger partial charge in [0.15, 0.2) is 0 Å². The average Bonchev–Trinajstić information content (AvgIpc) is 2.23. The average molecular weight is 317 g/mol. The van der Waals surface area contributed by atoms with Crippen LogP contribution in [0.15, 0.2) is 22.7 Å². The number of nitrogens with one attached hydrogen (secondary N) is 1. The van der Waals surface area contributed by atoms with Crippen molar-refractivity contribution in [1.82, 2.24) is 5.32 Å². The topological polar surface area (TPSA) is 55.1 Å². The molecule has 0 radical (unpaired) electrons. The van der Waals surface area contributed by atoms with Crippen molar-refractivity contribution in [3.8, 4) is 0 Å². The molecule has 0 bridgehead atoms. The third kappa shape index (κ3) is 3.78. The molecule has 0 aliphatic carbocycles. The summed E-state index contributed by atoms with van der Waals surface area (Å²) in [6.07, 6.45) is 0. The minimum absolute atomic E-state index is 0.0286. The zero-order valence-electron chi connectivity index (χ0n) is 10.8. The lowest BCUT2D eigenvalue weighted by Crippen LogP contribution is -2.48. The van der Waals surface area contributed by atoms with Gasteiger partial charge in [0.05, 0.1) is 5.56 Å². The molecule has 5 heteroatoms. The molecule has 1 amide bonds. The molecule has 0 aromatic heterocycles. The highest BCUT2D eigenvalue weighted by Gasteiger charge is 2.26. The van der Waals surface area contributed by atoms with E-state index in [9.17, 15) is 9.18 Å². The number of carbonyl (C=O) groups excluding carboxylic acids is 1. The fourth-order valence-electron chi connectivity index (χ4n) is 1.54. The van der Waals surface area contributed by atoms with Crippen LogP contribution in [0.3, 0.4) is 0 Å². The van der Waals surface area contributed by atoms with Gasteiger partial charge < -0.3 is 11.1 Å². The van der Waals surface area contributed by atoms with Gasteiger partial charge in [0, 0.05) is 17.1 Å². The maximum Gasteiger partial charge on any atom is 0.254 e. The second-order valence-electron chi connectivity index (χ2n) is 5.25. The van der Waals surface area contributed by atoms with Gasteiger partial charge in [0.1, 0.15) is 5.82 Å². The van der Waals surface area contributed by atoms with E-state index < -0.39 is 11.7 Å². The number of carbonyl (C=O) groups is 1. The molecule has 3 nitrogen and oxygen atoms in total. The Morgan fingerprint density at radius 1 is 1.50 bits per heavy atom. The summed E-state index contributed by atoms with van der Waals surface area (Å²) >= 11 is 3.15. The summed E-state index contributed by atoms with van der Waals surface area (Å²) < 4.78 is 14.2. The Labute approximate surface area is 115 Å². The van der Waals surface area contributed by atoms with Crippen LogP contribution in [0.1, 0.15) is 31.1 Å². The molecule has 1 aromatic carbocycles. The number of hydrogen-bond donors (Lipinski definition) is 2. The van der Waals surface area contributed by atoms with E-state index in [0.29, 0.717) is 11.0 Å². The van der Waals surface area contributed by atoms with Crippen molar-refractivity contribution in [2.75, 3.05) is 6.54 Å². The fraction of sp³-hybridized carbons (Fsp3) is 0.462. The molecule has 0 saturated heterocycles. The molecule has 100 valence electrons. The molecule has 0 fully saturated rings. The molecular weight excluding hydrogens is 299 g/mol. The monoisotopic (exact) mass is 316 g/mol. The number of amides is 1. The van der Waals surface area contributed by atoms with E-state index in [4.69, 9.17) is 5.73 Å². The normalized spacial score (nSPS) is 13.2. The van der Waals surface area contributed by atoms with E-state index in [1.165, 1.54) is 12.1 Å². The quantitative estimate of drug-likeness (QED) is 0.900. The van der Waals surface area contributed by atoms with Crippen molar-refractivity contribution >= 4 is 21.8 Å². The third-order valence-electron chi connectivity index (χ3n) is 2.76. The Morgan fingerprint density at radius 2 is 2.11 bits per heavy atom. The van der Waals surface area contributed by atoms with E-state index in [-0.39, 0.29) is 17.0 Å². The van der Waals surface area contributed by atoms with Crippen LogP contribution in [0.25, 0.3) is 0 Å². The Bertz CT molecular complexity index is 443. The zero-order valence-corrected chi connectivity index (χ0v) is 12.3. The second kappa shape index (κ2) is 5.80. The van der Waals surface area contributed by atoms with Crippen LogP contribution < -0.4 is 11.1 Å². The molecule has 18 heavy (non-hydrogen) atoms. The Morgan fingerprint density at radius 3 is 2.56 bits per heavy atom. The van der Waals surface area contributed by atoms with Crippen LogP contribution >= 0.6 is 15.9 Å². The summed E-state index contributed by atoms with van der Waals surface area (Å²) in [5, 5.41) is 2.76. The van der Waals surface area contributed by atoms with Crippen molar-refractivity contribution in [2.24, 2.45) is 11.1 Å². The fourth-order valence-corrected chi connectivity index (χ4v) is 1.87. The van der Waals surface area contributed by atoms with Crippen molar-refractivity contribution in [3.63, 3.8) is 0 Å². The Balaban J connectivity index is 2.88. The van der Waals surface area contributed by atoms with Gasteiger partial charge in [0.25, 0.3) is 5.91 Å². The van der Waals surface area contributed by atoms with Gasteiger partial charge in [-0.25, -0.2) is 4.39 Å². The Hall–Kier alpha value is -0.940. The number of rotatable bonds is 3. The number of nitrogens with two attached hydrogens (primary N) is 1. The molecule has 1 rings (SSSR count). The predicted molar refractivity (Wildman–Crippen MR) is 73.9 cm³/mol. The standard InChI is InChI=1S/C13H18BrFN2O/c1-13(2,3)11(7-16)17-12(18)9-5-4-8(14)6-10(9)15/h4-6,11H,7,16H2,1-3H3,(H,17,18). The Kier molecular flexibility index (Phi) is 4.87. The van der Waals surface area contributed by atoms with Crippen LogP contribution in [-0.2, 0) is 0 Å². The van der Waals surface area contributed by atoms with Crippen LogP contribution in [0, 0.1) is 11.2 Å². The van der Waals surface area contributed by atoms with E-state index in [1.54, 1.807) is 6.07 Å². The lowest BCUT2D eigenvalue weighted by atomic mass is 9.86. The number of hydrogen-bond acceptors (Lipinski definition) is 2. The van der Waals surface area contributed by atoms with Gasteiger partial charge in [-0.2, -0.15) is 0 Å². The molecule has 0 aliphatic rings. The molecule has 1 unspecified atom stereocenters. The first-order valence-corrected chi connectivity index (χ1v) is 6.51. The summed E-state index contributed by atoms with van der Waals surface area (Å²) in [5.74, 6) is -0.989. The van der Waals surface area contributed by atoms with Crippen molar-refractivity contribution in [1.29, 1.82) is 0 Å². The molecule has 0 spiro atoms. The van der Waals surface area contributed by atoms with Gasteiger partial charge in [-0.15, -0.1) is 0 Å². The van der Waals surface area contributed by atoms with E-state index >= 15 is 0 Å². The first-order valence-electron chi connectivity index (χ1n) is 5.71. The predicted octanol–water partition coefficient (Wildman–Crippen LogP) is 2.69. The maximum absolute atomic E-state index is 13.6. The van der Waals surface area contributed by atoms with E-state index in [2.05, 4.69) is 21.2 Å². The highest BCUT2D eigenvalue weighted by atomic mass is 79.9. The highest BCUT2D eigenvalue weighted by molar-refractivity contribution is 9.10. The van der Waals surface area contributed by atoms with Crippen LogP contribution in [-0.4, -0.2) is 18.5 Å². The third-order valence-corrected chi connectivity index (χ3v) is 3.26. The van der Waals surface area contributed by atoms with Gasteiger partial charge in [-0.1, -0.05) is 36.7 Å². The first-order chi connectivity index (χ1) is 8.25. The first kappa shape index (κ1) is 15.1. The van der Waals surface area contributed by atoms with Crippen molar-refractivity contribution in [3.05, 3.63) is 34.1 Å². The van der Waals surface area contributed by atoms with Crippen LogP contribution in [0.2, 0.25) is 0 Å². The van der Waals surface area contributed by atoms with Crippen molar-refractivity contribution in [2.45, 2.75) is 26.8 Å². The SMILES string of the molecule is CC(C)(C)C(CN)NC(=O)c1ccc(Br)cc1F. The van der Waals surface area contributed by atoms with Gasteiger partial charge >= 0.3 is 0 Å². The molecule has 1 aromatic rings. The molecular formula is C13H18BrFN2O. The lowest BCUT2D eigenvalue weighted by Gasteiger charge is -2.30. The van der Waals surface area contributed by atoms with Gasteiger partial charge in [0.2, 0.25) is 0 Å². The van der Waals surface area contributed by atoms with Crippen molar-refractivity contribution < 1.29 is 9.18 Å². The lowest BCUT2D eigenvalue weighted by molar-refractivity contribution is 0.0901. The summed E-state index contributed by atoms with van der Waals surface area (Å²) in [6, 6.07) is 4.15. The summed E-state index contributed by atoms with van der Waals surface area (Å²) in [5.41, 5.74) is 5.49. The molecule has 1 atom stereocenters. The van der Waals surface area contributed by atoms with Crippen LogP contribution in [0.5, 0.6) is 0 Å². The minimum Gasteiger partial charge on any atom is -0.347 e. The smallest absolute Gasteiger partial charge is 0.254 e. The van der Waals surface area contributed by atoms with Crippen LogP contribution in [0.4, 0.5) is 4.39 Å². The largest absolute Gasteiger partial charge is 0.347 e. The number of halogens is 2. The molecule has 0 saturated carbocycles. The maximum atomic E-state index is 13.6. The van der Waals surface area contributed by atoms with E-state index in [1.807, 2.05) is 20.8 Å². The molecule has 0 heterocycles. The van der Waals surface area contributed by atoms with Gasteiger partial charge in [-0.3, -0.25) is 4.79 Å². The minimum atomic E-state index is -0.549. The summed E-state index contributed by atoms with van der Waals surface area (Å²) in [7, 11) is 0.